The topological polar surface area (TPSA) is 108 Å². The van der Waals surface area contributed by atoms with Crippen molar-refractivity contribution in [3.8, 4) is 0 Å². The van der Waals surface area contributed by atoms with E-state index in [-0.39, 0.29) is 0 Å². The predicted octanol–water partition coefficient (Wildman–Crippen LogP) is 3.75. The number of benzene rings is 2. The number of nitrogens with zero attached hydrogens (tertiary/aromatic N) is 3. The third kappa shape index (κ3) is 2.95. The molecule has 0 fully saturated rings. The Labute approximate surface area is 154 Å². The molecule has 0 radical (unpaired) electrons. The minimum Gasteiger partial charge on any atom is -0.383 e. The fourth-order valence-corrected chi connectivity index (χ4v) is 3.20. The molecule has 0 bridgehead atoms. The van der Waals surface area contributed by atoms with Gasteiger partial charge >= 0.3 is 0 Å². The third-order valence-electron chi connectivity index (χ3n) is 4.61. The van der Waals surface area contributed by atoms with Gasteiger partial charge in [0.25, 0.3) is 0 Å². The quantitative estimate of drug-likeness (QED) is 0.393. The molecule has 0 amide bonds. The Morgan fingerprint density at radius 1 is 0.963 bits per heavy atom. The highest BCUT2D eigenvalue weighted by molar-refractivity contribution is 5.82. The predicted molar refractivity (Wildman–Crippen MR) is 107 cm³/mol. The zero-order valence-corrected chi connectivity index (χ0v) is 14.4. The van der Waals surface area contributed by atoms with Crippen LogP contribution in [0.25, 0.3) is 21.8 Å². The Bertz CT molecular complexity index is 1250. The zero-order chi connectivity index (χ0) is 18.2. The molecule has 0 atom stereocenters. The molecule has 5 rings (SSSR count). The van der Waals surface area contributed by atoms with Crippen LogP contribution in [0.4, 0.5) is 17.5 Å². The third-order valence-corrected chi connectivity index (χ3v) is 4.61. The minimum absolute atomic E-state index is 0.472. The van der Waals surface area contributed by atoms with Crippen molar-refractivity contribution in [1.82, 2.24) is 25.1 Å². The summed E-state index contributed by atoms with van der Waals surface area (Å²) in [5, 5.41) is 12.3. The summed E-state index contributed by atoms with van der Waals surface area (Å²) in [5.41, 5.74) is 11.2. The molecule has 3 heterocycles. The summed E-state index contributed by atoms with van der Waals surface area (Å²) >= 11 is 0. The molecule has 27 heavy (non-hydrogen) atoms. The summed E-state index contributed by atoms with van der Waals surface area (Å²) in [4.78, 5) is 12.0. The van der Waals surface area contributed by atoms with E-state index < -0.39 is 0 Å². The van der Waals surface area contributed by atoms with Gasteiger partial charge in [-0.3, -0.25) is 5.10 Å². The van der Waals surface area contributed by atoms with Crippen LogP contribution in [-0.2, 0) is 6.42 Å². The Morgan fingerprint density at radius 2 is 1.89 bits per heavy atom. The van der Waals surface area contributed by atoms with Gasteiger partial charge in [0.2, 0.25) is 5.95 Å². The monoisotopic (exact) mass is 355 g/mol. The van der Waals surface area contributed by atoms with Gasteiger partial charge in [0.05, 0.1) is 11.7 Å². The highest BCUT2D eigenvalue weighted by atomic mass is 15.1. The van der Waals surface area contributed by atoms with E-state index in [0.29, 0.717) is 18.2 Å². The highest BCUT2D eigenvalue weighted by Crippen LogP contribution is 2.22. The van der Waals surface area contributed by atoms with E-state index in [0.717, 1.165) is 27.7 Å². The van der Waals surface area contributed by atoms with Crippen molar-refractivity contribution < 1.29 is 0 Å². The lowest BCUT2D eigenvalue weighted by Crippen LogP contribution is -2.04. The summed E-state index contributed by atoms with van der Waals surface area (Å²) in [6.45, 7) is 0. The molecule has 0 aliphatic heterocycles. The lowest BCUT2D eigenvalue weighted by molar-refractivity contribution is 1.09. The van der Waals surface area contributed by atoms with Gasteiger partial charge in [-0.2, -0.15) is 10.1 Å². The number of aromatic nitrogens is 5. The van der Waals surface area contributed by atoms with Crippen LogP contribution in [0, 0.1) is 0 Å². The summed E-state index contributed by atoms with van der Waals surface area (Å²) < 4.78 is 0. The molecule has 0 unspecified atom stereocenters. The highest BCUT2D eigenvalue weighted by Gasteiger charge is 2.07. The molecule has 2 aromatic carbocycles. The molecule has 0 aliphatic carbocycles. The van der Waals surface area contributed by atoms with Gasteiger partial charge < -0.3 is 16.0 Å². The van der Waals surface area contributed by atoms with E-state index in [2.05, 4.69) is 54.7 Å². The molecule has 132 valence electrons. The number of H-pyrrole nitrogens is 2. The largest absolute Gasteiger partial charge is 0.383 e. The van der Waals surface area contributed by atoms with Crippen molar-refractivity contribution in [3.05, 3.63) is 72.2 Å². The van der Waals surface area contributed by atoms with Crippen LogP contribution in [0.3, 0.4) is 0 Å². The first-order valence-corrected chi connectivity index (χ1v) is 8.62. The average molecular weight is 355 g/mol. The number of nitrogens with one attached hydrogen (secondary N) is 3. The molecule has 0 saturated carbocycles. The van der Waals surface area contributed by atoms with Crippen LogP contribution >= 0.6 is 0 Å². The van der Waals surface area contributed by atoms with E-state index in [1.165, 1.54) is 10.9 Å². The number of hydrogen-bond donors (Lipinski definition) is 4. The van der Waals surface area contributed by atoms with E-state index in [1.807, 2.05) is 24.4 Å². The van der Waals surface area contributed by atoms with Crippen LogP contribution in [0.15, 0.2) is 61.1 Å². The fraction of sp³-hybridized carbons (Fsp3) is 0.0500. The molecule has 3 aromatic heterocycles. The van der Waals surface area contributed by atoms with E-state index in [9.17, 15) is 0 Å². The van der Waals surface area contributed by atoms with E-state index >= 15 is 0 Å². The maximum Gasteiger partial charge on any atom is 0.229 e. The van der Waals surface area contributed by atoms with Gasteiger partial charge in [-0.15, -0.1) is 0 Å². The van der Waals surface area contributed by atoms with Gasteiger partial charge in [0.1, 0.15) is 5.82 Å². The number of nitrogen functional groups attached to an aromatic ring is 1. The average Bonchev–Trinajstić information content (AvgIpc) is 3.32. The SMILES string of the molecule is Nc1nc(Nc2ccc3[nH]ncc3c2)ncc1Cc1ccc2[nH]ccc2c1. The number of anilines is 3. The van der Waals surface area contributed by atoms with Gasteiger partial charge in [0, 0.05) is 41.0 Å². The smallest absolute Gasteiger partial charge is 0.229 e. The Morgan fingerprint density at radius 3 is 2.81 bits per heavy atom. The lowest BCUT2D eigenvalue weighted by Gasteiger charge is -2.09. The van der Waals surface area contributed by atoms with Crippen LogP contribution < -0.4 is 11.1 Å². The van der Waals surface area contributed by atoms with Crippen molar-refractivity contribution in [2.24, 2.45) is 0 Å². The van der Waals surface area contributed by atoms with E-state index in [4.69, 9.17) is 5.73 Å². The first-order valence-electron chi connectivity index (χ1n) is 8.62. The maximum absolute atomic E-state index is 6.18. The summed E-state index contributed by atoms with van der Waals surface area (Å²) in [6, 6.07) is 14.3. The second kappa shape index (κ2) is 6.14. The lowest BCUT2D eigenvalue weighted by atomic mass is 10.1. The molecular weight excluding hydrogens is 338 g/mol. The molecule has 5 N–H and O–H groups in total. The first-order chi connectivity index (χ1) is 13.2. The number of aromatic amines is 2. The van der Waals surface area contributed by atoms with Gasteiger partial charge in [-0.1, -0.05) is 6.07 Å². The van der Waals surface area contributed by atoms with Gasteiger partial charge in [0.15, 0.2) is 0 Å². The Hall–Kier alpha value is -3.87. The second-order valence-electron chi connectivity index (χ2n) is 6.48. The minimum atomic E-state index is 0.472. The summed E-state index contributed by atoms with van der Waals surface area (Å²) in [6.07, 6.45) is 6.18. The molecule has 0 spiro atoms. The molecule has 7 heteroatoms. The molecular formula is C20H17N7. The van der Waals surface area contributed by atoms with Crippen LogP contribution in [0.2, 0.25) is 0 Å². The van der Waals surface area contributed by atoms with Crippen molar-refractivity contribution in [2.45, 2.75) is 6.42 Å². The normalized spacial score (nSPS) is 11.3. The van der Waals surface area contributed by atoms with Gasteiger partial charge in [-0.05, 0) is 47.3 Å². The number of nitrogens with two attached hydrogens (primary N) is 1. The van der Waals surface area contributed by atoms with E-state index in [1.54, 1.807) is 12.4 Å². The van der Waals surface area contributed by atoms with Crippen molar-refractivity contribution in [1.29, 1.82) is 0 Å². The maximum atomic E-state index is 6.18. The van der Waals surface area contributed by atoms with Crippen molar-refractivity contribution in [2.75, 3.05) is 11.1 Å². The molecule has 0 saturated heterocycles. The fourth-order valence-electron chi connectivity index (χ4n) is 3.20. The zero-order valence-electron chi connectivity index (χ0n) is 14.4. The molecule has 7 nitrogen and oxygen atoms in total. The van der Waals surface area contributed by atoms with Crippen molar-refractivity contribution in [3.63, 3.8) is 0 Å². The standard InChI is InChI=1S/C20H17N7/c21-19-15(8-12-1-3-17-13(7-12)5-6-22-17)10-23-20(26-19)25-16-2-4-18-14(9-16)11-24-27-18/h1-7,9-11,22H,8H2,(H,24,27)(H3,21,23,25,26). The van der Waals surface area contributed by atoms with Crippen LogP contribution in [0.1, 0.15) is 11.1 Å². The summed E-state index contributed by atoms with van der Waals surface area (Å²) in [7, 11) is 0. The summed E-state index contributed by atoms with van der Waals surface area (Å²) in [5.74, 6) is 0.950. The number of rotatable bonds is 4. The molecule has 5 aromatic rings. The molecule has 0 aliphatic rings. The second-order valence-corrected chi connectivity index (χ2v) is 6.48. The Balaban J connectivity index is 1.37. The number of hydrogen-bond acceptors (Lipinski definition) is 5. The van der Waals surface area contributed by atoms with Gasteiger partial charge in [-0.25, -0.2) is 4.98 Å². The Kier molecular flexibility index (Phi) is 3.50. The first kappa shape index (κ1) is 15.4. The number of fused-ring (bicyclic) bond motifs is 2. The van der Waals surface area contributed by atoms with Crippen LogP contribution in [0.5, 0.6) is 0 Å². The van der Waals surface area contributed by atoms with Crippen molar-refractivity contribution >= 4 is 39.3 Å². The van der Waals surface area contributed by atoms with Crippen LogP contribution in [-0.4, -0.2) is 25.1 Å².